The van der Waals surface area contributed by atoms with Crippen molar-refractivity contribution in [3.63, 3.8) is 0 Å². The van der Waals surface area contributed by atoms with Crippen molar-refractivity contribution in [3.8, 4) is 0 Å². The molecule has 2 aromatic carbocycles. The molecule has 0 saturated heterocycles. The lowest BCUT2D eigenvalue weighted by atomic mass is 10.1. The molecule has 1 amide bonds. The van der Waals surface area contributed by atoms with E-state index in [1.165, 1.54) is 18.2 Å². The highest BCUT2D eigenvalue weighted by Crippen LogP contribution is 2.24. The number of anilines is 2. The van der Waals surface area contributed by atoms with Gasteiger partial charge in [-0.3, -0.25) is 14.9 Å². The van der Waals surface area contributed by atoms with Crippen molar-refractivity contribution in [1.29, 1.82) is 0 Å². The topological polar surface area (TPSA) is 98.3 Å². The molecular formula is C13H9ClFN3O3. The maximum absolute atomic E-state index is 13.6. The standard InChI is InChI=1S/C13H9ClFN3O3/c14-7-1-3-10(15)11(5-7)17-13(19)9-6-8(16)2-4-12(9)18(20)21/h1-6H,16H2,(H,17,19). The summed E-state index contributed by atoms with van der Waals surface area (Å²) >= 11 is 5.71. The van der Waals surface area contributed by atoms with Crippen LogP contribution in [0, 0.1) is 15.9 Å². The fraction of sp³-hybridized carbons (Fsp3) is 0. The summed E-state index contributed by atoms with van der Waals surface area (Å²) < 4.78 is 13.6. The SMILES string of the molecule is Nc1ccc([N+](=O)[O-])c(C(=O)Nc2cc(Cl)ccc2F)c1. The molecule has 3 N–H and O–H groups in total. The smallest absolute Gasteiger partial charge is 0.282 e. The second-order valence-electron chi connectivity index (χ2n) is 4.11. The van der Waals surface area contributed by atoms with Crippen LogP contribution in [0.3, 0.4) is 0 Å². The number of nitrogen functional groups attached to an aromatic ring is 1. The lowest BCUT2D eigenvalue weighted by Crippen LogP contribution is -2.15. The van der Waals surface area contributed by atoms with E-state index in [1.54, 1.807) is 0 Å². The number of carbonyl (C=O) groups excluding carboxylic acids is 1. The van der Waals surface area contributed by atoms with Crippen molar-refractivity contribution in [1.82, 2.24) is 0 Å². The normalized spacial score (nSPS) is 10.2. The van der Waals surface area contributed by atoms with Crippen LogP contribution >= 0.6 is 11.6 Å². The average molecular weight is 310 g/mol. The van der Waals surface area contributed by atoms with Crippen molar-refractivity contribution in [2.45, 2.75) is 0 Å². The number of nitrogens with one attached hydrogen (secondary N) is 1. The Kier molecular flexibility index (Phi) is 4.04. The zero-order valence-electron chi connectivity index (χ0n) is 10.5. The van der Waals surface area contributed by atoms with Gasteiger partial charge in [0.15, 0.2) is 0 Å². The van der Waals surface area contributed by atoms with Gasteiger partial charge in [-0.2, -0.15) is 0 Å². The van der Waals surface area contributed by atoms with E-state index in [1.807, 2.05) is 0 Å². The van der Waals surface area contributed by atoms with Gasteiger partial charge in [0.2, 0.25) is 0 Å². The minimum Gasteiger partial charge on any atom is -0.399 e. The van der Waals surface area contributed by atoms with Crippen molar-refractivity contribution in [2.24, 2.45) is 0 Å². The molecule has 0 heterocycles. The third-order valence-corrected chi connectivity index (χ3v) is 2.87. The number of nitro groups is 1. The zero-order chi connectivity index (χ0) is 15.6. The Morgan fingerprint density at radius 2 is 2.00 bits per heavy atom. The number of amides is 1. The molecule has 2 aromatic rings. The van der Waals surface area contributed by atoms with Crippen LogP contribution in [0.4, 0.5) is 21.5 Å². The predicted molar refractivity (Wildman–Crippen MR) is 76.9 cm³/mol. The van der Waals surface area contributed by atoms with E-state index in [9.17, 15) is 19.3 Å². The Labute approximate surface area is 123 Å². The molecule has 2 rings (SSSR count). The molecular weight excluding hydrogens is 301 g/mol. The summed E-state index contributed by atoms with van der Waals surface area (Å²) in [7, 11) is 0. The molecule has 0 unspecified atom stereocenters. The highest BCUT2D eigenvalue weighted by atomic mass is 35.5. The first-order valence-electron chi connectivity index (χ1n) is 5.69. The van der Waals surface area contributed by atoms with E-state index in [2.05, 4.69) is 5.32 Å². The summed E-state index contributed by atoms with van der Waals surface area (Å²) in [6.07, 6.45) is 0. The summed E-state index contributed by atoms with van der Waals surface area (Å²) in [5, 5.41) is 13.3. The van der Waals surface area contributed by atoms with Crippen LogP contribution in [-0.4, -0.2) is 10.8 Å². The molecule has 6 nitrogen and oxygen atoms in total. The van der Waals surface area contributed by atoms with Gasteiger partial charge in [0, 0.05) is 16.8 Å². The second kappa shape index (κ2) is 5.76. The monoisotopic (exact) mass is 309 g/mol. The van der Waals surface area contributed by atoms with Gasteiger partial charge in [0.1, 0.15) is 11.4 Å². The van der Waals surface area contributed by atoms with Gasteiger partial charge in [0.05, 0.1) is 10.6 Å². The molecule has 8 heteroatoms. The molecule has 0 bridgehead atoms. The summed E-state index contributed by atoms with van der Waals surface area (Å²) in [6, 6.07) is 7.15. The number of rotatable bonds is 3. The van der Waals surface area contributed by atoms with E-state index < -0.39 is 22.3 Å². The number of nitro benzene ring substituents is 1. The maximum atomic E-state index is 13.6. The molecule has 21 heavy (non-hydrogen) atoms. The minimum absolute atomic E-state index is 0.177. The van der Waals surface area contributed by atoms with Crippen LogP contribution in [0.5, 0.6) is 0 Å². The van der Waals surface area contributed by atoms with E-state index in [4.69, 9.17) is 17.3 Å². The Bertz CT molecular complexity index is 737. The van der Waals surface area contributed by atoms with Crippen LogP contribution in [0.1, 0.15) is 10.4 Å². The van der Waals surface area contributed by atoms with Gasteiger partial charge in [-0.1, -0.05) is 11.6 Å². The van der Waals surface area contributed by atoms with Crippen LogP contribution < -0.4 is 11.1 Å². The van der Waals surface area contributed by atoms with Crippen LogP contribution in [0.15, 0.2) is 36.4 Å². The van der Waals surface area contributed by atoms with Crippen LogP contribution in [0.25, 0.3) is 0 Å². The van der Waals surface area contributed by atoms with Gasteiger partial charge in [-0.05, 0) is 30.3 Å². The van der Waals surface area contributed by atoms with E-state index in [0.717, 1.165) is 18.2 Å². The second-order valence-corrected chi connectivity index (χ2v) is 4.55. The fourth-order valence-corrected chi connectivity index (χ4v) is 1.85. The predicted octanol–water partition coefficient (Wildman–Crippen LogP) is 3.22. The molecule has 0 radical (unpaired) electrons. The van der Waals surface area contributed by atoms with Crippen LogP contribution in [-0.2, 0) is 0 Å². The quantitative estimate of drug-likeness (QED) is 0.516. The van der Waals surface area contributed by atoms with Gasteiger partial charge >= 0.3 is 0 Å². The summed E-state index contributed by atoms with van der Waals surface area (Å²) in [4.78, 5) is 22.3. The highest BCUT2D eigenvalue weighted by Gasteiger charge is 2.21. The fourth-order valence-electron chi connectivity index (χ4n) is 1.68. The molecule has 108 valence electrons. The Morgan fingerprint density at radius 1 is 1.29 bits per heavy atom. The first-order valence-corrected chi connectivity index (χ1v) is 6.06. The number of halogens is 2. The Hall–Kier alpha value is -2.67. The molecule has 0 fully saturated rings. The number of benzene rings is 2. The van der Waals surface area contributed by atoms with Gasteiger partial charge in [0.25, 0.3) is 11.6 Å². The number of carbonyl (C=O) groups is 1. The van der Waals surface area contributed by atoms with Gasteiger partial charge in [-0.15, -0.1) is 0 Å². The van der Waals surface area contributed by atoms with Crippen LogP contribution in [0.2, 0.25) is 5.02 Å². The summed E-state index contributed by atoms with van der Waals surface area (Å²) in [5.74, 6) is -1.56. The first kappa shape index (κ1) is 14.7. The largest absolute Gasteiger partial charge is 0.399 e. The average Bonchev–Trinajstić information content (AvgIpc) is 2.42. The number of nitrogens with two attached hydrogens (primary N) is 1. The maximum Gasteiger partial charge on any atom is 0.282 e. The third kappa shape index (κ3) is 3.26. The van der Waals surface area contributed by atoms with E-state index in [0.29, 0.717) is 0 Å². The molecule has 0 aromatic heterocycles. The molecule has 0 spiro atoms. The van der Waals surface area contributed by atoms with Crippen molar-refractivity contribution in [2.75, 3.05) is 11.1 Å². The first-order chi connectivity index (χ1) is 9.88. The molecule has 0 aliphatic heterocycles. The zero-order valence-corrected chi connectivity index (χ0v) is 11.2. The van der Waals surface area contributed by atoms with Crippen molar-refractivity contribution >= 4 is 34.6 Å². The third-order valence-electron chi connectivity index (χ3n) is 2.64. The molecule has 0 atom stereocenters. The van der Waals surface area contributed by atoms with Gasteiger partial charge in [-0.25, -0.2) is 4.39 Å². The van der Waals surface area contributed by atoms with Crippen molar-refractivity contribution in [3.05, 3.63) is 62.9 Å². The molecule has 0 aliphatic rings. The minimum atomic E-state index is -0.852. The van der Waals surface area contributed by atoms with Gasteiger partial charge < -0.3 is 11.1 Å². The summed E-state index contributed by atoms with van der Waals surface area (Å²) in [5.41, 5.74) is 4.83. The number of hydrogen-bond donors (Lipinski definition) is 2. The molecule has 0 aliphatic carbocycles. The van der Waals surface area contributed by atoms with Crippen molar-refractivity contribution < 1.29 is 14.1 Å². The number of hydrogen-bond acceptors (Lipinski definition) is 4. The number of nitrogens with zero attached hydrogens (tertiary/aromatic N) is 1. The Balaban J connectivity index is 2.39. The lowest BCUT2D eigenvalue weighted by Gasteiger charge is -2.08. The van der Waals surface area contributed by atoms with E-state index in [-0.39, 0.29) is 22.0 Å². The lowest BCUT2D eigenvalue weighted by molar-refractivity contribution is -0.385. The Morgan fingerprint density at radius 3 is 2.67 bits per heavy atom. The molecule has 0 saturated carbocycles. The highest BCUT2D eigenvalue weighted by molar-refractivity contribution is 6.31. The van der Waals surface area contributed by atoms with E-state index >= 15 is 0 Å². The summed E-state index contributed by atoms with van der Waals surface area (Å²) in [6.45, 7) is 0.